The van der Waals surface area contributed by atoms with E-state index in [0.29, 0.717) is 32.0 Å². The third-order valence-corrected chi connectivity index (χ3v) is 3.50. The van der Waals surface area contributed by atoms with Crippen LogP contribution in [0.1, 0.15) is 40.0 Å². The molecule has 2 N–H and O–H groups in total. The van der Waals surface area contributed by atoms with E-state index < -0.39 is 11.4 Å². The number of rotatable bonds is 4. The Kier molecular flexibility index (Phi) is 4.99. The highest BCUT2D eigenvalue weighted by atomic mass is 16.4. The fourth-order valence-electron chi connectivity index (χ4n) is 2.17. The van der Waals surface area contributed by atoms with Gasteiger partial charge in [0.05, 0.1) is 5.41 Å². The second-order valence-electron chi connectivity index (χ2n) is 5.81. The summed E-state index contributed by atoms with van der Waals surface area (Å²) in [7, 11) is 0. The number of hydrogen-bond donors (Lipinski definition) is 2. The molecular weight excluding hydrogens is 232 g/mol. The number of carbonyl (C=O) groups excluding carboxylic acids is 1. The van der Waals surface area contributed by atoms with Crippen molar-refractivity contribution < 1.29 is 14.7 Å². The minimum absolute atomic E-state index is 0.136. The minimum Gasteiger partial charge on any atom is -0.481 e. The Balaban J connectivity index is 2.46. The van der Waals surface area contributed by atoms with Gasteiger partial charge in [-0.2, -0.15) is 0 Å². The molecule has 2 amide bonds. The van der Waals surface area contributed by atoms with E-state index >= 15 is 0 Å². The quantitative estimate of drug-likeness (QED) is 0.807. The van der Waals surface area contributed by atoms with Crippen LogP contribution in [0.2, 0.25) is 0 Å². The number of piperidine rings is 1. The number of amides is 2. The number of carboxylic acids is 1. The van der Waals surface area contributed by atoms with E-state index in [2.05, 4.69) is 19.2 Å². The molecule has 0 radical (unpaired) electrons. The molecule has 0 bridgehead atoms. The first-order valence-electron chi connectivity index (χ1n) is 6.61. The van der Waals surface area contributed by atoms with Crippen LogP contribution in [0.4, 0.5) is 4.79 Å². The molecule has 0 aromatic rings. The molecule has 1 unspecified atom stereocenters. The Morgan fingerprint density at radius 1 is 1.44 bits per heavy atom. The third kappa shape index (κ3) is 3.89. The summed E-state index contributed by atoms with van der Waals surface area (Å²) < 4.78 is 0. The summed E-state index contributed by atoms with van der Waals surface area (Å²) in [6.45, 7) is 7.52. The van der Waals surface area contributed by atoms with E-state index in [1.165, 1.54) is 0 Å². The summed E-state index contributed by atoms with van der Waals surface area (Å²) in [4.78, 5) is 24.7. The number of urea groups is 1. The third-order valence-electron chi connectivity index (χ3n) is 3.50. The van der Waals surface area contributed by atoms with Crippen molar-refractivity contribution in [1.29, 1.82) is 0 Å². The summed E-state index contributed by atoms with van der Waals surface area (Å²) >= 11 is 0. The summed E-state index contributed by atoms with van der Waals surface area (Å²) in [6, 6.07) is -0.136. The molecule has 1 heterocycles. The number of hydrogen-bond acceptors (Lipinski definition) is 2. The largest absolute Gasteiger partial charge is 0.481 e. The number of carboxylic acid groups (broad SMARTS) is 1. The molecule has 0 aromatic heterocycles. The second kappa shape index (κ2) is 6.07. The van der Waals surface area contributed by atoms with Crippen LogP contribution < -0.4 is 5.32 Å². The number of carbonyl (C=O) groups is 2. The Morgan fingerprint density at radius 3 is 2.67 bits per heavy atom. The zero-order chi connectivity index (χ0) is 13.8. The monoisotopic (exact) mass is 256 g/mol. The summed E-state index contributed by atoms with van der Waals surface area (Å²) in [5, 5.41) is 12.0. The van der Waals surface area contributed by atoms with Gasteiger partial charge in [-0.05, 0) is 32.1 Å². The molecule has 0 saturated carbocycles. The lowest BCUT2D eigenvalue weighted by atomic mass is 9.82. The first-order chi connectivity index (χ1) is 8.35. The molecule has 1 aliphatic rings. The first-order valence-corrected chi connectivity index (χ1v) is 6.61. The molecule has 5 heteroatoms. The number of likely N-dealkylation sites (tertiary alicyclic amines) is 1. The fraction of sp³-hybridized carbons (Fsp3) is 0.846. The summed E-state index contributed by atoms with van der Waals surface area (Å²) in [6.07, 6.45) is 2.33. The molecule has 1 rings (SSSR count). The molecule has 18 heavy (non-hydrogen) atoms. The zero-order valence-corrected chi connectivity index (χ0v) is 11.5. The van der Waals surface area contributed by atoms with Gasteiger partial charge in [0.1, 0.15) is 0 Å². The van der Waals surface area contributed by atoms with Crippen LogP contribution in [0, 0.1) is 11.3 Å². The van der Waals surface area contributed by atoms with Crippen LogP contribution >= 0.6 is 0 Å². The van der Waals surface area contributed by atoms with Crippen LogP contribution in [-0.2, 0) is 4.79 Å². The number of nitrogens with zero attached hydrogens (tertiary/aromatic N) is 1. The highest BCUT2D eigenvalue weighted by Gasteiger charge is 2.39. The lowest BCUT2D eigenvalue weighted by Gasteiger charge is -2.37. The molecule has 0 spiro atoms. The van der Waals surface area contributed by atoms with Crippen LogP contribution in [0.5, 0.6) is 0 Å². The van der Waals surface area contributed by atoms with Crippen LogP contribution in [0.25, 0.3) is 0 Å². The van der Waals surface area contributed by atoms with Crippen molar-refractivity contribution in [3.63, 3.8) is 0 Å². The molecule has 104 valence electrons. The predicted molar refractivity (Wildman–Crippen MR) is 69.4 cm³/mol. The minimum atomic E-state index is -0.817. The summed E-state index contributed by atoms with van der Waals surface area (Å²) in [5.74, 6) is -0.266. The molecule has 1 atom stereocenters. The standard InChI is InChI=1S/C13H24N2O3/c1-10(2)5-7-14-12(18)15-8-4-6-13(3,9-15)11(16)17/h10H,4-9H2,1-3H3,(H,14,18)(H,16,17). The second-order valence-corrected chi connectivity index (χ2v) is 5.81. The van der Waals surface area contributed by atoms with Gasteiger partial charge in [0.2, 0.25) is 0 Å². The van der Waals surface area contributed by atoms with E-state index in [0.717, 1.165) is 12.8 Å². The van der Waals surface area contributed by atoms with Gasteiger partial charge in [0.25, 0.3) is 0 Å². The highest BCUT2D eigenvalue weighted by Crippen LogP contribution is 2.29. The highest BCUT2D eigenvalue weighted by molar-refractivity contribution is 5.78. The van der Waals surface area contributed by atoms with Crippen LogP contribution in [0.15, 0.2) is 0 Å². The van der Waals surface area contributed by atoms with E-state index in [-0.39, 0.29) is 6.03 Å². The zero-order valence-electron chi connectivity index (χ0n) is 11.5. The SMILES string of the molecule is CC(C)CCNC(=O)N1CCCC(C)(C(=O)O)C1. The van der Waals surface area contributed by atoms with Crippen molar-refractivity contribution in [1.82, 2.24) is 10.2 Å². The van der Waals surface area contributed by atoms with Gasteiger partial charge in [-0.1, -0.05) is 13.8 Å². The first kappa shape index (κ1) is 14.8. The Bertz CT molecular complexity index is 317. The van der Waals surface area contributed by atoms with E-state index in [1.807, 2.05) is 0 Å². The molecule has 1 saturated heterocycles. The number of nitrogens with one attached hydrogen (secondary N) is 1. The van der Waals surface area contributed by atoms with E-state index in [1.54, 1.807) is 11.8 Å². The molecule has 0 aliphatic carbocycles. The summed E-state index contributed by atoms with van der Waals surface area (Å²) in [5.41, 5.74) is -0.798. The maximum atomic E-state index is 11.9. The Morgan fingerprint density at radius 2 is 2.11 bits per heavy atom. The van der Waals surface area contributed by atoms with Crippen molar-refractivity contribution in [2.45, 2.75) is 40.0 Å². The molecule has 1 aliphatic heterocycles. The van der Waals surface area contributed by atoms with Gasteiger partial charge < -0.3 is 15.3 Å². The van der Waals surface area contributed by atoms with Crippen molar-refractivity contribution in [2.24, 2.45) is 11.3 Å². The maximum absolute atomic E-state index is 11.9. The van der Waals surface area contributed by atoms with Crippen molar-refractivity contribution >= 4 is 12.0 Å². The molecular formula is C13H24N2O3. The molecule has 5 nitrogen and oxygen atoms in total. The van der Waals surface area contributed by atoms with Crippen LogP contribution in [0.3, 0.4) is 0 Å². The van der Waals surface area contributed by atoms with Crippen molar-refractivity contribution in [2.75, 3.05) is 19.6 Å². The van der Waals surface area contributed by atoms with Gasteiger partial charge in [-0.25, -0.2) is 4.79 Å². The van der Waals surface area contributed by atoms with Gasteiger partial charge in [-0.3, -0.25) is 4.79 Å². The smallest absolute Gasteiger partial charge is 0.317 e. The van der Waals surface area contributed by atoms with Gasteiger partial charge in [0.15, 0.2) is 0 Å². The van der Waals surface area contributed by atoms with Gasteiger partial charge in [-0.15, -0.1) is 0 Å². The van der Waals surface area contributed by atoms with Gasteiger partial charge in [0, 0.05) is 19.6 Å². The number of aliphatic carboxylic acids is 1. The van der Waals surface area contributed by atoms with Crippen molar-refractivity contribution in [3.05, 3.63) is 0 Å². The van der Waals surface area contributed by atoms with Gasteiger partial charge >= 0.3 is 12.0 Å². The average Bonchev–Trinajstić information content (AvgIpc) is 2.28. The van der Waals surface area contributed by atoms with Crippen molar-refractivity contribution in [3.8, 4) is 0 Å². The van der Waals surface area contributed by atoms with Crippen LogP contribution in [-0.4, -0.2) is 41.6 Å². The lowest BCUT2D eigenvalue weighted by Crippen LogP contribution is -2.51. The fourth-order valence-corrected chi connectivity index (χ4v) is 2.17. The molecule has 1 fully saturated rings. The normalized spacial score (nSPS) is 24.1. The lowest BCUT2D eigenvalue weighted by molar-refractivity contribution is -0.150. The average molecular weight is 256 g/mol. The van der Waals surface area contributed by atoms with E-state index in [4.69, 9.17) is 0 Å². The Labute approximate surface area is 109 Å². The van der Waals surface area contributed by atoms with E-state index in [9.17, 15) is 14.7 Å². The Hall–Kier alpha value is -1.26. The topological polar surface area (TPSA) is 69.6 Å². The molecule has 0 aromatic carbocycles. The predicted octanol–water partition coefficient (Wildman–Crippen LogP) is 1.93. The maximum Gasteiger partial charge on any atom is 0.317 e.